The van der Waals surface area contributed by atoms with Gasteiger partial charge in [-0.05, 0) is 31.2 Å². The second-order valence-corrected chi connectivity index (χ2v) is 4.70. The molecule has 1 aromatic rings. The largest absolute Gasteiger partial charge is 0.478 e. The van der Waals surface area contributed by atoms with Crippen LogP contribution in [0.2, 0.25) is 0 Å². The molecule has 0 amide bonds. The molecule has 1 N–H and O–H groups in total. The van der Waals surface area contributed by atoms with Crippen molar-refractivity contribution in [3.8, 4) is 5.88 Å². The molecule has 0 aliphatic heterocycles. The van der Waals surface area contributed by atoms with E-state index in [1.807, 2.05) is 0 Å². The fourth-order valence-corrected chi connectivity index (χ4v) is 2.26. The van der Waals surface area contributed by atoms with Crippen LogP contribution < -0.4 is 4.74 Å². The van der Waals surface area contributed by atoms with Crippen molar-refractivity contribution in [2.75, 3.05) is 0 Å². The van der Waals surface area contributed by atoms with Crippen LogP contribution >= 0.6 is 0 Å². The maximum absolute atomic E-state index is 10.8. The van der Waals surface area contributed by atoms with Gasteiger partial charge in [0.25, 0.3) is 0 Å². The van der Waals surface area contributed by atoms with Crippen LogP contribution in [0.25, 0.3) is 0 Å². The summed E-state index contributed by atoms with van der Waals surface area (Å²) >= 11 is 0. The maximum Gasteiger partial charge on any atom is 0.335 e. The van der Waals surface area contributed by atoms with E-state index in [4.69, 9.17) is 9.84 Å². The molecule has 1 aliphatic carbocycles. The summed E-state index contributed by atoms with van der Waals surface area (Å²) in [7, 11) is 0. The number of aromatic carboxylic acids is 1. The number of carbonyl (C=O) groups is 1. The normalized spacial score (nSPS) is 24.3. The lowest BCUT2D eigenvalue weighted by Gasteiger charge is -2.26. The van der Waals surface area contributed by atoms with Gasteiger partial charge in [-0.1, -0.05) is 13.3 Å². The van der Waals surface area contributed by atoms with Gasteiger partial charge in [-0.2, -0.15) is 0 Å². The lowest BCUT2D eigenvalue weighted by molar-refractivity contribution is 0.0694. The van der Waals surface area contributed by atoms with Crippen molar-refractivity contribution >= 4 is 5.97 Å². The highest BCUT2D eigenvalue weighted by atomic mass is 16.5. The Morgan fingerprint density at radius 1 is 1.53 bits per heavy atom. The number of pyridine rings is 1. The van der Waals surface area contributed by atoms with E-state index in [1.165, 1.54) is 31.2 Å². The average Bonchev–Trinajstić information content (AvgIpc) is 2.29. The van der Waals surface area contributed by atoms with Gasteiger partial charge in [0.15, 0.2) is 0 Å². The molecule has 1 aliphatic rings. The van der Waals surface area contributed by atoms with Crippen molar-refractivity contribution in [2.45, 2.75) is 38.7 Å². The van der Waals surface area contributed by atoms with Crippen LogP contribution in [-0.2, 0) is 0 Å². The van der Waals surface area contributed by atoms with Gasteiger partial charge in [-0.15, -0.1) is 0 Å². The molecule has 0 radical (unpaired) electrons. The van der Waals surface area contributed by atoms with E-state index in [0.29, 0.717) is 11.8 Å². The first-order chi connectivity index (χ1) is 8.15. The number of carboxylic acids is 1. The predicted molar refractivity (Wildman–Crippen MR) is 63.2 cm³/mol. The summed E-state index contributed by atoms with van der Waals surface area (Å²) in [5, 5.41) is 8.87. The molecule has 2 atom stereocenters. The second kappa shape index (κ2) is 5.17. The van der Waals surface area contributed by atoms with Crippen molar-refractivity contribution in [1.29, 1.82) is 0 Å². The van der Waals surface area contributed by atoms with E-state index in [2.05, 4.69) is 11.9 Å². The van der Waals surface area contributed by atoms with Crippen LogP contribution in [0.1, 0.15) is 43.0 Å². The van der Waals surface area contributed by atoms with E-state index in [9.17, 15) is 4.79 Å². The van der Waals surface area contributed by atoms with Gasteiger partial charge in [-0.25, -0.2) is 9.78 Å². The molecule has 1 saturated carbocycles. The topological polar surface area (TPSA) is 59.4 Å². The van der Waals surface area contributed by atoms with E-state index in [1.54, 1.807) is 0 Å². The van der Waals surface area contributed by atoms with E-state index in [0.717, 1.165) is 12.8 Å². The number of hydrogen-bond acceptors (Lipinski definition) is 3. The Balaban J connectivity index is 2.02. The van der Waals surface area contributed by atoms with E-state index < -0.39 is 5.97 Å². The van der Waals surface area contributed by atoms with E-state index >= 15 is 0 Å². The lowest BCUT2D eigenvalue weighted by atomic mass is 9.89. The zero-order valence-electron chi connectivity index (χ0n) is 9.93. The van der Waals surface area contributed by atoms with E-state index in [-0.39, 0.29) is 11.7 Å². The highest BCUT2D eigenvalue weighted by molar-refractivity contribution is 5.87. The first-order valence-electron chi connectivity index (χ1n) is 6.01. The summed E-state index contributed by atoms with van der Waals surface area (Å²) in [6.45, 7) is 2.22. The molecular formula is C13H17NO3. The Bertz CT molecular complexity index is 405. The van der Waals surface area contributed by atoms with Gasteiger partial charge in [0.1, 0.15) is 6.10 Å². The average molecular weight is 235 g/mol. The highest BCUT2D eigenvalue weighted by Crippen LogP contribution is 2.26. The first-order valence-corrected chi connectivity index (χ1v) is 6.01. The fourth-order valence-electron chi connectivity index (χ4n) is 2.26. The number of aromatic nitrogens is 1. The van der Waals surface area contributed by atoms with Crippen molar-refractivity contribution < 1.29 is 14.6 Å². The second-order valence-electron chi connectivity index (χ2n) is 4.70. The van der Waals surface area contributed by atoms with Gasteiger partial charge in [0.2, 0.25) is 5.88 Å². The molecular weight excluding hydrogens is 218 g/mol. The smallest absolute Gasteiger partial charge is 0.335 e. The third-order valence-corrected chi connectivity index (χ3v) is 3.16. The Hall–Kier alpha value is -1.58. The molecule has 4 heteroatoms. The summed E-state index contributed by atoms with van der Waals surface area (Å²) in [6, 6.07) is 2.96. The minimum absolute atomic E-state index is 0.176. The van der Waals surface area contributed by atoms with Gasteiger partial charge in [0.05, 0.1) is 5.56 Å². The van der Waals surface area contributed by atoms with Crippen LogP contribution in [0.4, 0.5) is 0 Å². The predicted octanol–water partition coefficient (Wildman–Crippen LogP) is 2.74. The lowest BCUT2D eigenvalue weighted by Crippen LogP contribution is -2.24. The zero-order valence-corrected chi connectivity index (χ0v) is 9.93. The Morgan fingerprint density at radius 3 is 3.06 bits per heavy atom. The number of rotatable bonds is 3. The molecule has 0 spiro atoms. The van der Waals surface area contributed by atoms with Crippen LogP contribution in [0.3, 0.4) is 0 Å². The SMILES string of the molecule is CC1CCCC(Oc2cc(C(=O)O)ccn2)C1. The third kappa shape index (κ3) is 3.19. The minimum atomic E-state index is -0.950. The number of nitrogens with zero attached hydrogens (tertiary/aromatic N) is 1. The molecule has 1 heterocycles. The van der Waals surface area contributed by atoms with Gasteiger partial charge < -0.3 is 9.84 Å². The first kappa shape index (κ1) is 11.9. The molecule has 4 nitrogen and oxygen atoms in total. The molecule has 1 aromatic heterocycles. The molecule has 1 fully saturated rings. The third-order valence-electron chi connectivity index (χ3n) is 3.16. The number of carboxylic acid groups (broad SMARTS) is 1. The highest BCUT2D eigenvalue weighted by Gasteiger charge is 2.20. The molecule has 92 valence electrons. The van der Waals surface area contributed by atoms with Gasteiger partial charge >= 0.3 is 5.97 Å². The molecule has 2 rings (SSSR count). The van der Waals surface area contributed by atoms with Crippen molar-refractivity contribution in [3.05, 3.63) is 23.9 Å². The van der Waals surface area contributed by atoms with Gasteiger partial charge in [-0.3, -0.25) is 0 Å². The van der Waals surface area contributed by atoms with Gasteiger partial charge in [0, 0.05) is 12.3 Å². The Kier molecular flexibility index (Phi) is 3.61. The monoisotopic (exact) mass is 235 g/mol. The molecule has 17 heavy (non-hydrogen) atoms. The quantitative estimate of drug-likeness (QED) is 0.875. The summed E-state index contributed by atoms with van der Waals surface area (Å²) in [5.74, 6) is 0.148. The van der Waals surface area contributed by atoms with Crippen LogP contribution in [0, 0.1) is 5.92 Å². The van der Waals surface area contributed by atoms with Crippen LogP contribution in [0.15, 0.2) is 18.3 Å². The fraction of sp³-hybridized carbons (Fsp3) is 0.538. The molecule has 0 bridgehead atoms. The zero-order chi connectivity index (χ0) is 12.3. The summed E-state index contributed by atoms with van der Waals surface area (Å²) in [4.78, 5) is 14.9. The number of ether oxygens (including phenoxy) is 1. The summed E-state index contributed by atoms with van der Waals surface area (Å²) in [5.41, 5.74) is 0.221. The Morgan fingerprint density at radius 2 is 2.35 bits per heavy atom. The molecule has 0 saturated heterocycles. The summed E-state index contributed by atoms with van der Waals surface area (Å²) in [6.07, 6.45) is 6.13. The maximum atomic E-state index is 10.8. The summed E-state index contributed by atoms with van der Waals surface area (Å²) < 4.78 is 5.74. The molecule has 2 unspecified atom stereocenters. The van der Waals surface area contributed by atoms with Crippen LogP contribution in [-0.4, -0.2) is 22.2 Å². The van der Waals surface area contributed by atoms with Crippen molar-refractivity contribution in [3.63, 3.8) is 0 Å². The standard InChI is InChI=1S/C13H17NO3/c1-9-3-2-4-11(7-9)17-12-8-10(13(15)16)5-6-14-12/h5-6,8-9,11H,2-4,7H2,1H3,(H,15,16). The van der Waals surface area contributed by atoms with Crippen LogP contribution in [0.5, 0.6) is 5.88 Å². The Labute approximate surface area is 101 Å². The minimum Gasteiger partial charge on any atom is -0.478 e. The molecule has 0 aromatic carbocycles. The number of hydrogen-bond donors (Lipinski definition) is 1. The van der Waals surface area contributed by atoms with Crippen molar-refractivity contribution in [2.24, 2.45) is 5.92 Å². The van der Waals surface area contributed by atoms with Crippen molar-refractivity contribution in [1.82, 2.24) is 4.98 Å².